The Kier molecular flexibility index (Phi) is 2.46. The van der Waals surface area contributed by atoms with E-state index in [0.29, 0.717) is 5.70 Å². The molecule has 3 heteroatoms. The van der Waals surface area contributed by atoms with Crippen LogP contribution in [0, 0.1) is 0 Å². The Labute approximate surface area is 89.4 Å². The Hall–Kier alpha value is -1.77. The number of amides is 1. The van der Waals surface area contributed by atoms with Crippen LogP contribution in [0.15, 0.2) is 36.0 Å². The van der Waals surface area contributed by atoms with Crippen LogP contribution in [0.1, 0.15) is 5.56 Å². The highest BCUT2D eigenvalue weighted by Gasteiger charge is 2.16. The average molecular weight is 202 g/mol. The molecule has 0 aliphatic carbocycles. The third-order valence-corrected chi connectivity index (χ3v) is 2.45. The topological polar surface area (TPSA) is 32.3 Å². The Morgan fingerprint density at radius 2 is 2.07 bits per heavy atom. The summed E-state index contributed by atoms with van der Waals surface area (Å²) in [5, 5.41) is 3.15. The minimum Gasteiger partial charge on any atom is -0.351 e. The van der Waals surface area contributed by atoms with Gasteiger partial charge in [-0.3, -0.25) is 4.79 Å². The molecule has 0 saturated heterocycles. The summed E-state index contributed by atoms with van der Waals surface area (Å²) in [6.45, 7) is 0. The minimum absolute atomic E-state index is 0.0181. The summed E-state index contributed by atoms with van der Waals surface area (Å²) >= 11 is 0. The second-order valence-electron chi connectivity index (χ2n) is 3.80. The van der Waals surface area contributed by atoms with Crippen molar-refractivity contribution < 1.29 is 4.79 Å². The third-order valence-electron chi connectivity index (χ3n) is 2.45. The van der Waals surface area contributed by atoms with Crippen LogP contribution in [0.4, 0.5) is 5.69 Å². The number of allylic oxidation sites excluding steroid dienone is 1. The molecule has 15 heavy (non-hydrogen) atoms. The Morgan fingerprint density at radius 3 is 2.80 bits per heavy atom. The lowest BCUT2D eigenvalue weighted by Crippen LogP contribution is -2.28. The minimum atomic E-state index is 0.0181. The first kappa shape index (κ1) is 9.77. The Bertz CT molecular complexity index is 421. The van der Waals surface area contributed by atoms with Gasteiger partial charge in [0.2, 0.25) is 0 Å². The van der Waals surface area contributed by atoms with Gasteiger partial charge in [0.15, 0.2) is 0 Å². The normalized spacial score (nSPS) is 13.6. The number of carbonyl (C=O) groups excluding carboxylic acids is 1. The molecule has 1 aromatic carbocycles. The van der Waals surface area contributed by atoms with E-state index in [1.54, 1.807) is 19.0 Å². The van der Waals surface area contributed by atoms with Crippen molar-refractivity contribution in [1.29, 1.82) is 0 Å². The molecule has 0 fully saturated rings. The molecule has 78 valence electrons. The number of nitrogens with one attached hydrogen (secondary N) is 1. The zero-order valence-electron chi connectivity index (χ0n) is 8.95. The van der Waals surface area contributed by atoms with Gasteiger partial charge < -0.3 is 10.2 Å². The SMILES string of the molecule is CN(C)C(=O)C1=CCc2ccccc2N1. The van der Waals surface area contributed by atoms with Crippen LogP contribution in [-0.4, -0.2) is 24.9 Å². The van der Waals surface area contributed by atoms with Crippen molar-refractivity contribution in [3.63, 3.8) is 0 Å². The number of benzene rings is 1. The van der Waals surface area contributed by atoms with Crippen molar-refractivity contribution in [3.8, 4) is 0 Å². The first-order valence-corrected chi connectivity index (χ1v) is 4.95. The lowest BCUT2D eigenvalue weighted by Gasteiger charge is -2.20. The summed E-state index contributed by atoms with van der Waals surface area (Å²) in [5.74, 6) is 0.0181. The fourth-order valence-corrected chi connectivity index (χ4v) is 1.61. The van der Waals surface area contributed by atoms with Gasteiger partial charge in [-0.25, -0.2) is 0 Å². The average Bonchev–Trinajstić information content (AvgIpc) is 2.27. The fraction of sp³-hybridized carbons (Fsp3) is 0.250. The van der Waals surface area contributed by atoms with Crippen molar-refractivity contribution >= 4 is 11.6 Å². The van der Waals surface area contributed by atoms with E-state index in [4.69, 9.17) is 0 Å². The van der Waals surface area contributed by atoms with E-state index in [1.165, 1.54) is 5.56 Å². The van der Waals surface area contributed by atoms with Crippen molar-refractivity contribution in [2.75, 3.05) is 19.4 Å². The largest absolute Gasteiger partial charge is 0.351 e. The van der Waals surface area contributed by atoms with Crippen molar-refractivity contribution in [1.82, 2.24) is 4.90 Å². The summed E-state index contributed by atoms with van der Waals surface area (Å²) in [6, 6.07) is 8.03. The predicted molar refractivity (Wildman–Crippen MR) is 60.5 cm³/mol. The summed E-state index contributed by atoms with van der Waals surface area (Å²) in [4.78, 5) is 13.3. The van der Waals surface area contributed by atoms with Crippen molar-refractivity contribution in [3.05, 3.63) is 41.6 Å². The Balaban J connectivity index is 2.23. The molecule has 1 N–H and O–H groups in total. The molecular weight excluding hydrogens is 188 g/mol. The Morgan fingerprint density at radius 1 is 1.33 bits per heavy atom. The van der Waals surface area contributed by atoms with Gasteiger partial charge in [0, 0.05) is 19.8 Å². The van der Waals surface area contributed by atoms with E-state index in [0.717, 1.165) is 12.1 Å². The van der Waals surface area contributed by atoms with E-state index in [2.05, 4.69) is 11.4 Å². The maximum atomic E-state index is 11.7. The molecule has 3 nitrogen and oxygen atoms in total. The van der Waals surface area contributed by atoms with E-state index in [1.807, 2.05) is 24.3 Å². The number of fused-ring (bicyclic) bond motifs is 1. The second kappa shape index (κ2) is 3.77. The lowest BCUT2D eigenvalue weighted by molar-refractivity contribution is -0.124. The summed E-state index contributed by atoms with van der Waals surface area (Å²) in [7, 11) is 3.51. The van der Waals surface area contributed by atoms with Crippen LogP contribution < -0.4 is 5.32 Å². The molecule has 1 aliphatic rings. The number of likely N-dealkylation sites (N-methyl/N-ethyl adjacent to an activating group) is 1. The monoisotopic (exact) mass is 202 g/mol. The van der Waals surface area contributed by atoms with Gasteiger partial charge >= 0.3 is 0 Å². The van der Waals surface area contributed by atoms with Gasteiger partial charge in [-0.15, -0.1) is 0 Å². The number of anilines is 1. The molecular formula is C12H14N2O. The maximum absolute atomic E-state index is 11.7. The van der Waals surface area contributed by atoms with Gasteiger partial charge in [0.25, 0.3) is 5.91 Å². The van der Waals surface area contributed by atoms with E-state index >= 15 is 0 Å². The molecule has 0 spiro atoms. The number of hydrogen-bond donors (Lipinski definition) is 1. The zero-order valence-corrected chi connectivity index (χ0v) is 8.95. The van der Waals surface area contributed by atoms with Gasteiger partial charge in [0.1, 0.15) is 5.70 Å². The van der Waals surface area contributed by atoms with Crippen LogP contribution >= 0.6 is 0 Å². The van der Waals surface area contributed by atoms with Crippen LogP contribution in [0.5, 0.6) is 0 Å². The van der Waals surface area contributed by atoms with E-state index < -0.39 is 0 Å². The van der Waals surface area contributed by atoms with Gasteiger partial charge in [-0.1, -0.05) is 24.3 Å². The zero-order chi connectivity index (χ0) is 10.8. The molecule has 0 atom stereocenters. The molecule has 1 aromatic rings. The van der Waals surface area contributed by atoms with Crippen LogP contribution in [0.3, 0.4) is 0 Å². The van der Waals surface area contributed by atoms with E-state index in [-0.39, 0.29) is 5.91 Å². The van der Waals surface area contributed by atoms with E-state index in [9.17, 15) is 4.79 Å². The van der Waals surface area contributed by atoms with Crippen LogP contribution in [-0.2, 0) is 11.2 Å². The summed E-state index contributed by atoms with van der Waals surface area (Å²) < 4.78 is 0. The molecule has 0 radical (unpaired) electrons. The first-order valence-electron chi connectivity index (χ1n) is 4.95. The lowest BCUT2D eigenvalue weighted by atomic mass is 10.0. The third kappa shape index (κ3) is 1.86. The molecule has 0 unspecified atom stereocenters. The number of para-hydroxylation sites is 1. The highest BCUT2D eigenvalue weighted by atomic mass is 16.2. The predicted octanol–water partition coefficient (Wildman–Crippen LogP) is 1.63. The fourth-order valence-electron chi connectivity index (χ4n) is 1.61. The molecule has 0 bridgehead atoms. The number of carbonyl (C=O) groups is 1. The molecule has 2 rings (SSSR count). The molecule has 1 heterocycles. The summed E-state index contributed by atoms with van der Waals surface area (Å²) in [6.07, 6.45) is 2.75. The van der Waals surface area contributed by atoms with Gasteiger partial charge in [0.05, 0.1) is 0 Å². The number of rotatable bonds is 1. The second-order valence-corrected chi connectivity index (χ2v) is 3.80. The highest BCUT2D eigenvalue weighted by molar-refractivity contribution is 5.96. The summed E-state index contributed by atoms with van der Waals surface area (Å²) in [5.41, 5.74) is 2.93. The van der Waals surface area contributed by atoms with Gasteiger partial charge in [-0.2, -0.15) is 0 Å². The van der Waals surface area contributed by atoms with Crippen LogP contribution in [0.2, 0.25) is 0 Å². The maximum Gasteiger partial charge on any atom is 0.269 e. The smallest absolute Gasteiger partial charge is 0.269 e. The molecule has 1 amide bonds. The van der Waals surface area contributed by atoms with Crippen molar-refractivity contribution in [2.45, 2.75) is 6.42 Å². The molecule has 0 saturated carbocycles. The standard InChI is InChI=1S/C12H14N2O/c1-14(2)12(15)11-8-7-9-5-3-4-6-10(9)13-11/h3-6,8,13H,7H2,1-2H3. The molecule has 1 aliphatic heterocycles. The quantitative estimate of drug-likeness (QED) is 0.750. The van der Waals surface area contributed by atoms with Gasteiger partial charge in [-0.05, 0) is 18.1 Å². The van der Waals surface area contributed by atoms with Crippen LogP contribution in [0.25, 0.3) is 0 Å². The molecule has 0 aromatic heterocycles. The first-order chi connectivity index (χ1) is 7.18. The highest BCUT2D eigenvalue weighted by Crippen LogP contribution is 2.23. The number of hydrogen-bond acceptors (Lipinski definition) is 2. The number of nitrogens with zero attached hydrogens (tertiary/aromatic N) is 1. The van der Waals surface area contributed by atoms with Crippen molar-refractivity contribution in [2.24, 2.45) is 0 Å².